The zero-order chi connectivity index (χ0) is 23.8. The molecular weight excluding hydrogens is 436 g/mol. The highest BCUT2D eigenvalue weighted by molar-refractivity contribution is 6.20. The quantitative estimate of drug-likeness (QED) is 0.422. The van der Waals surface area contributed by atoms with Crippen molar-refractivity contribution < 1.29 is 28.6 Å². The fourth-order valence-electron chi connectivity index (χ4n) is 4.11. The minimum absolute atomic E-state index is 0.0219. The number of nitrogens with zero attached hydrogens (tertiary/aromatic N) is 2. The summed E-state index contributed by atoms with van der Waals surface area (Å²) in [6.45, 7) is 0. The third-order valence-corrected chi connectivity index (χ3v) is 5.72. The van der Waals surface area contributed by atoms with Crippen molar-refractivity contribution in [3.8, 4) is 11.5 Å². The van der Waals surface area contributed by atoms with Crippen molar-refractivity contribution in [3.63, 3.8) is 0 Å². The van der Waals surface area contributed by atoms with Crippen molar-refractivity contribution in [3.05, 3.63) is 95.7 Å². The molecule has 1 amide bonds. The number of carbonyl (C=O) groups excluding carboxylic acids is 2. The lowest BCUT2D eigenvalue weighted by molar-refractivity contribution is -0.117. The minimum atomic E-state index is -0.954. The Labute approximate surface area is 194 Å². The summed E-state index contributed by atoms with van der Waals surface area (Å²) in [7, 11) is 3.05. The highest BCUT2D eigenvalue weighted by Gasteiger charge is 2.46. The van der Waals surface area contributed by atoms with Crippen LogP contribution in [-0.2, 0) is 4.79 Å². The molecule has 0 saturated heterocycles. The number of hydrogen-bond acceptors (Lipinski definition) is 7. The van der Waals surface area contributed by atoms with Gasteiger partial charge in [0.25, 0.3) is 5.91 Å². The van der Waals surface area contributed by atoms with Crippen LogP contribution >= 0.6 is 0 Å². The summed E-state index contributed by atoms with van der Waals surface area (Å²) in [5, 5.41) is 11.5. The molecule has 8 heteroatoms. The zero-order valence-electron chi connectivity index (χ0n) is 18.4. The van der Waals surface area contributed by atoms with Crippen molar-refractivity contribution >= 4 is 28.3 Å². The molecule has 1 N–H and O–H groups in total. The van der Waals surface area contributed by atoms with E-state index in [0.29, 0.717) is 33.8 Å². The van der Waals surface area contributed by atoms with E-state index in [2.05, 4.69) is 4.98 Å². The molecule has 1 aliphatic heterocycles. The van der Waals surface area contributed by atoms with Crippen molar-refractivity contribution in [2.24, 2.45) is 0 Å². The molecule has 0 saturated carbocycles. The first-order chi connectivity index (χ1) is 16.5. The van der Waals surface area contributed by atoms with Gasteiger partial charge in [0.05, 0.1) is 25.5 Å². The second kappa shape index (κ2) is 8.40. The Hall–Kier alpha value is -4.59. The molecule has 4 aromatic rings. The van der Waals surface area contributed by atoms with Crippen LogP contribution in [0.15, 0.2) is 88.7 Å². The number of fused-ring (bicyclic) bond motifs is 1. The lowest BCUT2D eigenvalue weighted by atomic mass is 9.98. The number of anilines is 1. The first-order valence-electron chi connectivity index (χ1n) is 10.5. The molecule has 0 bridgehead atoms. The third kappa shape index (κ3) is 3.36. The number of furan rings is 1. The van der Waals surface area contributed by atoms with Crippen LogP contribution < -0.4 is 14.4 Å². The highest BCUT2D eigenvalue weighted by atomic mass is 16.5. The minimum Gasteiger partial charge on any atom is -0.503 e. The first kappa shape index (κ1) is 21.3. The first-order valence-corrected chi connectivity index (χ1v) is 10.5. The normalized spacial score (nSPS) is 15.8. The molecule has 2 aromatic heterocycles. The van der Waals surface area contributed by atoms with Gasteiger partial charge in [-0.05, 0) is 48.5 Å². The molecule has 5 rings (SSSR count). The number of benzene rings is 2. The number of ether oxygens (including phenoxy) is 2. The van der Waals surface area contributed by atoms with Crippen LogP contribution in [0.2, 0.25) is 0 Å². The number of carbonyl (C=O) groups is 2. The largest absolute Gasteiger partial charge is 0.503 e. The summed E-state index contributed by atoms with van der Waals surface area (Å²) in [6, 6.07) is 17.8. The van der Waals surface area contributed by atoms with E-state index in [1.807, 2.05) is 0 Å². The second-order valence-corrected chi connectivity index (χ2v) is 7.61. The lowest BCUT2D eigenvalue weighted by Crippen LogP contribution is -2.31. The molecule has 1 unspecified atom stereocenters. The van der Waals surface area contributed by atoms with Gasteiger partial charge in [0, 0.05) is 17.3 Å². The van der Waals surface area contributed by atoms with E-state index in [1.165, 1.54) is 12.0 Å². The molecule has 1 atom stereocenters. The fraction of sp³-hybridized carbons (Fsp3) is 0.115. The molecule has 34 heavy (non-hydrogen) atoms. The Kier molecular flexibility index (Phi) is 5.25. The summed E-state index contributed by atoms with van der Waals surface area (Å²) in [6.07, 6.45) is 1.57. The van der Waals surface area contributed by atoms with Gasteiger partial charge in [-0.25, -0.2) is 0 Å². The van der Waals surface area contributed by atoms with Gasteiger partial charge in [0.15, 0.2) is 22.9 Å². The van der Waals surface area contributed by atoms with Gasteiger partial charge in [0.2, 0.25) is 5.78 Å². The number of amides is 1. The zero-order valence-corrected chi connectivity index (χ0v) is 18.4. The number of hydrogen-bond donors (Lipinski definition) is 1. The topological polar surface area (TPSA) is 102 Å². The maximum Gasteiger partial charge on any atom is 0.294 e. The number of ketones is 1. The predicted molar refractivity (Wildman–Crippen MR) is 124 cm³/mol. The van der Waals surface area contributed by atoms with E-state index < -0.39 is 23.5 Å². The van der Waals surface area contributed by atoms with Gasteiger partial charge in [0.1, 0.15) is 11.8 Å². The van der Waals surface area contributed by atoms with Crippen LogP contribution in [0.3, 0.4) is 0 Å². The average molecular weight is 456 g/mol. The van der Waals surface area contributed by atoms with Crippen molar-refractivity contribution in [1.29, 1.82) is 0 Å². The summed E-state index contributed by atoms with van der Waals surface area (Å²) in [4.78, 5) is 32.6. The maximum atomic E-state index is 13.7. The van der Waals surface area contributed by atoms with E-state index in [9.17, 15) is 14.7 Å². The number of Topliss-reactive ketones (excluding diaryl/α,β-unsaturated/α-hetero) is 1. The molecule has 0 fully saturated rings. The van der Waals surface area contributed by atoms with Crippen LogP contribution in [0, 0.1) is 0 Å². The van der Waals surface area contributed by atoms with Crippen molar-refractivity contribution in [1.82, 2.24) is 4.98 Å². The fourth-order valence-corrected chi connectivity index (χ4v) is 4.11. The Balaban J connectivity index is 1.64. The Bertz CT molecular complexity index is 1420. The molecular formula is C26H20N2O6. The van der Waals surface area contributed by atoms with Crippen molar-refractivity contribution in [2.75, 3.05) is 19.1 Å². The molecule has 1 aliphatic rings. The monoisotopic (exact) mass is 456 g/mol. The van der Waals surface area contributed by atoms with Gasteiger partial charge in [-0.2, -0.15) is 0 Å². The molecule has 0 aliphatic carbocycles. The Morgan fingerprint density at radius 2 is 1.82 bits per heavy atom. The van der Waals surface area contributed by atoms with Gasteiger partial charge in [-0.3, -0.25) is 19.5 Å². The number of methoxy groups -OCH3 is 2. The Morgan fingerprint density at radius 1 is 1.03 bits per heavy atom. The summed E-state index contributed by atoms with van der Waals surface area (Å²) in [5.41, 5.74) is 1.19. The van der Waals surface area contributed by atoms with E-state index in [-0.39, 0.29) is 11.3 Å². The number of pyridine rings is 1. The third-order valence-electron chi connectivity index (χ3n) is 5.72. The van der Waals surface area contributed by atoms with Crippen LogP contribution in [0.5, 0.6) is 11.5 Å². The van der Waals surface area contributed by atoms with Gasteiger partial charge in [-0.15, -0.1) is 0 Å². The van der Waals surface area contributed by atoms with E-state index in [1.54, 1.807) is 80.0 Å². The number of aliphatic hydroxyl groups is 1. The summed E-state index contributed by atoms with van der Waals surface area (Å²) in [5.74, 6) is -0.920. The molecule has 2 aromatic carbocycles. The number of para-hydroxylation sites is 1. The number of aromatic nitrogens is 1. The number of rotatable bonds is 6. The molecule has 3 heterocycles. The van der Waals surface area contributed by atoms with Gasteiger partial charge in [-0.1, -0.05) is 18.2 Å². The molecule has 0 spiro atoms. The Morgan fingerprint density at radius 3 is 2.50 bits per heavy atom. The SMILES string of the molecule is COc1ccc(N2C(=O)C(O)=C(C(=O)c3cc4cccc(OC)c4o3)C2c2ccccn2)cc1. The van der Waals surface area contributed by atoms with E-state index >= 15 is 0 Å². The molecule has 170 valence electrons. The number of aliphatic hydroxyl groups excluding tert-OH is 1. The van der Waals surface area contributed by atoms with Gasteiger partial charge >= 0.3 is 0 Å². The van der Waals surface area contributed by atoms with E-state index in [0.717, 1.165) is 0 Å². The summed E-state index contributed by atoms with van der Waals surface area (Å²) >= 11 is 0. The summed E-state index contributed by atoms with van der Waals surface area (Å²) < 4.78 is 16.3. The molecule has 0 radical (unpaired) electrons. The van der Waals surface area contributed by atoms with Gasteiger partial charge < -0.3 is 19.0 Å². The van der Waals surface area contributed by atoms with Crippen LogP contribution in [0.4, 0.5) is 5.69 Å². The average Bonchev–Trinajstić information content (AvgIpc) is 3.43. The predicted octanol–water partition coefficient (Wildman–Crippen LogP) is 4.63. The van der Waals surface area contributed by atoms with Crippen LogP contribution in [-0.4, -0.2) is 36.0 Å². The van der Waals surface area contributed by atoms with Crippen molar-refractivity contribution in [2.45, 2.75) is 6.04 Å². The maximum absolute atomic E-state index is 13.7. The van der Waals surface area contributed by atoms with Crippen LogP contribution in [0.1, 0.15) is 22.3 Å². The molecule has 8 nitrogen and oxygen atoms in total. The smallest absolute Gasteiger partial charge is 0.294 e. The van der Waals surface area contributed by atoms with E-state index in [4.69, 9.17) is 13.9 Å². The lowest BCUT2D eigenvalue weighted by Gasteiger charge is -2.26. The second-order valence-electron chi connectivity index (χ2n) is 7.61. The standard InChI is InChI=1S/C26H20N2O6/c1-32-17-11-9-16(10-12-17)28-22(18-7-3-4-13-27-18)21(24(30)26(28)31)23(29)20-14-15-6-5-8-19(33-2)25(15)34-20/h3-14,22,30H,1-2H3. The van der Waals surface area contributed by atoms with Crippen LogP contribution in [0.25, 0.3) is 11.0 Å². The highest BCUT2D eigenvalue weighted by Crippen LogP contribution is 2.42.